The highest BCUT2D eigenvalue weighted by molar-refractivity contribution is 7.79. The predicted octanol–water partition coefficient (Wildman–Crippen LogP) is 5.24. The molecule has 1 amide bonds. The number of ether oxygens (including phenoxy) is 4. The van der Waals surface area contributed by atoms with Gasteiger partial charge in [0.1, 0.15) is 23.9 Å². The number of amides is 1. The fourth-order valence-corrected chi connectivity index (χ4v) is 8.60. The van der Waals surface area contributed by atoms with Crippen LogP contribution >= 0.6 is 11.6 Å². The van der Waals surface area contributed by atoms with Crippen molar-refractivity contribution in [3.63, 3.8) is 0 Å². The van der Waals surface area contributed by atoms with Gasteiger partial charge >= 0.3 is 0 Å². The Morgan fingerprint density at radius 3 is 2.60 bits per heavy atom. The van der Waals surface area contributed by atoms with Gasteiger partial charge < -0.3 is 34.1 Å². The molecule has 3 aromatic carbocycles. The lowest BCUT2D eigenvalue weighted by Crippen LogP contribution is -2.49. The van der Waals surface area contributed by atoms with E-state index in [1.165, 1.54) is 11.1 Å². The Balaban J connectivity index is 1.07. The van der Waals surface area contributed by atoms with Gasteiger partial charge in [-0.2, -0.15) is 0 Å². The molecule has 3 N–H and O–H groups in total. The summed E-state index contributed by atoms with van der Waals surface area (Å²) in [6.45, 7) is 7.15. The molecule has 50 heavy (non-hydrogen) atoms. The van der Waals surface area contributed by atoms with Crippen LogP contribution in [0.1, 0.15) is 42.4 Å². The van der Waals surface area contributed by atoms with E-state index in [0.717, 1.165) is 100 Å². The third-order valence-corrected chi connectivity index (χ3v) is 11.7. The van der Waals surface area contributed by atoms with Crippen molar-refractivity contribution in [1.82, 2.24) is 4.90 Å². The molecule has 0 radical (unpaired) electrons. The number of halogens is 1. The van der Waals surface area contributed by atoms with E-state index in [9.17, 15) is 13.6 Å². The average molecular weight is 724 g/mol. The maximum Gasteiger partial charge on any atom is 0.221 e. The predicted molar refractivity (Wildman–Crippen MR) is 193 cm³/mol. The lowest BCUT2D eigenvalue weighted by Gasteiger charge is -2.44. The summed E-state index contributed by atoms with van der Waals surface area (Å²) in [5, 5.41) is 0.745. The van der Waals surface area contributed by atoms with Crippen LogP contribution in [0, 0.1) is 11.8 Å². The molecule has 268 valence electrons. The summed E-state index contributed by atoms with van der Waals surface area (Å²) in [5.41, 5.74) is 9.49. The van der Waals surface area contributed by atoms with Gasteiger partial charge in [-0.1, -0.05) is 17.7 Å². The number of fused-ring (bicyclic) bond motifs is 3. The fraction of sp³-hybridized carbons (Fsp3) is 0.500. The summed E-state index contributed by atoms with van der Waals surface area (Å²) >= 11 is 4.32. The van der Waals surface area contributed by atoms with Crippen molar-refractivity contribution >= 4 is 34.3 Å². The monoisotopic (exact) mass is 723 g/mol. The molecular weight excluding hydrogens is 678 g/mol. The van der Waals surface area contributed by atoms with Crippen LogP contribution in [0.3, 0.4) is 0 Å². The summed E-state index contributed by atoms with van der Waals surface area (Å²) < 4.78 is 46.6. The molecule has 0 bridgehead atoms. The zero-order valence-electron chi connectivity index (χ0n) is 28.3. The maximum atomic E-state index is 12.2. The minimum absolute atomic E-state index is 0.108. The molecule has 4 atom stereocenters. The van der Waals surface area contributed by atoms with Crippen molar-refractivity contribution in [3.05, 3.63) is 76.3 Å². The van der Waals surface area contributed by atoms with Gasteiger partial charge in [0.15, 0.2) is 11.1 Å². The summed E-state index contributed by atoms with van der Waals surface area (Å²) in [6, 6.07) is 17.2. The number of rotatable bonds is 12. The Kier molecular flexibility index (Phi) is 10.9. The van der Waals surface area contributed by atoms with Crippen LogP contribution in [0.15, 0.2) is 59.5 Å². The smallest absolute Gasteiger partial charge is 0.221 e. The Labute approximate surface area is 301 Å². The van der Waals surface area contributed by atoms with Gasteiger partial charge in [0, 0.05) is 49.2 Å². The molecule has 1 saturated carbocycles. The van der Waals surface area contributed by atoms with E-state index in [1.54, 1.807) is 6.07 Å². The van der Waals surface area contributed by atoms with Crippen molar-refractivity contribution in [2.45, 2.75) is 48.8 Å². The molecule has 3 aromatic rings. The molecule has 1 spiro atoms. The zero-order chi connectivity index (χ0) is 34.7. The van der Waals surface area contributed by atoms with Gasteiger partial charge in [0.05, 0.1) is 43.4 Å². The van der Waals surface area contributed by atoms with Crippen LogP contribution in [-0.4, -0.2) is 85.3 Å². The third-order valence-electron chi connectivity index (χ3n) is 10.8. The zero-order valence-corrected chi connectivity index (χ0v) is 29.9. The van der Waals surface area contributed by atoms with Gasteiger partial charge in [-0.25, -0.2) is 4.21 Å². The number of anilines is 1. The lowest BCUT2D eigenvalue weighted by atomic mass is 9.69. The van der Waals surface area contributed by atoms with Crippen LogP contribution in [-0.2, 0) is 38.9 Å². The number of carbonyl (C=O) groups excluding carboxylic acids is 1. The number of hydrogen-bond acceptors (Lipinski definition) is 8. The molecule has 7 rings (SSSR count). The van der Waals surface area contributed by atoms with Gasteiger partial charge in [0.25, 0.3) is 0 Å². The second-order valence-electron chi connectivity index (χ2n) is 14.1. The molecule has 2 heterocycles. The fourth-order valence-electron chi connectivity index (χ4n) is 8.00. The number of benzene rings is 3. The van der Waals surface area contributed by atoms with Crippen LogP contribution < -0.4 is 24.8 Å². The first-order valence-corrected chi connectivity index (χ1v) is 19.1. The Morgan fingerprint density at radius 1 is 1.04 bits per heavy atom. The first-order chi connectivity index (χ1) is 24.2. The average Bonchev–Trinajstić information content (AvgIpc) is 3.23. The van der Waals surface area contributed by atoms with Gasteiger partial charge in [-0.05, 0) is 103 Å². The van der Waals surface area contributed by atoms with E-state index in [-0.39, 0.29) is 11.8 Å². The van der Waals surface area contributed by atoms with Crippen molar-refractivity contribution in [2.24, 2.45) is 17.6 Å². The standard InChI is InChI=1S/C38H46ClN3O7S/c39-30-5-7-34-27(19-30)2-1-9-38(34)24-42(35-21-33(50(44)45)6-8-36(35)49-25-38)22-28-3-4-29(28)23-48-32-17-26(18-37(40)43)16-31(20-32)47-15-12-41-10-13-46-14-11-41/h5-8,16-17,19-21,28-29H,1-4,9-15,18,22-25H2,(H2,40,43)(H,44,45)/t28-,29-,38-/m0/s1. The molecule has 2 aliphatic heterocycles. The summed E-state index contributed by atoms with van der Waals surface area (Å²) in [6.07, 6.45) is 5.22. The van der Waals surface area contributed by atoms with Crippen LogP contribution in [0.2, 0.25) is 5.02 Å². The Morgan fingerprint density at radius 2 is 1.84 bits per heavy atom. The quantitative estimate of drug-likeness (QED) is 0.242. The van der Waals surface area contributed by atoms with Gasteiger partial charge in [-0.3, -0.25) is 9.69 Å². The Bertz CT molecular complexity index is 1720. The molecular formula is C38H46ClN3O7S. The number of primary amides is 1. The molecule has 0 aromatic heterocycles. The molecule has 12 heteroatoms. The number of carbonyl (C=O) groups is 1. The molecule has 1 unspecified atom stereocenters. The Hall–Kier alpha value is -3.35. The molecule has 1 saturated heterocycles. The first kappa shape index (κ1) is 35.1. The number of aryl methyl sites for hydroxylation is 1. The van der Waals surface area contributed by atoms with E-state index in [2.05, 4.69) is 21.9 Å². The van der Waals surface area contributed by atoms with E-state index in [1.807, 2.05) is 36.4 Å². The number of morpholine rings is 1. The highest BCUT2D eigenvalue weighted by atomic mass is 35.5. The largest absolute Gasteiger partial charge is 0.493 e. The van der Waals surface area contributed by atoms with E-state index < -0.39 is 17.0 Å². The number of nitrogens with two attached hydrogens (primary N) is 1. The van der Waals surface area contributed by atoms with E-state index in [4.69, 9.17) is 36.3 Å². The van der Waals surface area contributed by atoms with Crippen molar-refractivity contribution in [3.8, 4) is 17.2 Å². The maximum absolute atomic E-state index is 12.2. The third kappa shape index (κ3) is 8.07. The van der Waals surface area contributed by atoms with Crippen LogP contribution in [0.4, 0.5) is 5.69 Å². The van der Waals surface area contributed by atoms with Gasteiger partial charge in [-0.15, -0.1) is 0 Å². The van der Waals surface area contributed by atoms with Gasteiger partial charge in [0.2, 0.25) is 5.91 Å². The second-order valence-corrected chi connectivity index (χ2v) is 15.6. The minimum atomic E-state index is -2.11. The van der Waals surface area contributed by atoms with Crippen LogP contribution in [0.5, 0.6) is 17.2 Å². The molecule has 10 nitrogen and oxygen atoms in total. The summed E-state index contributed by atoms with van der Waals surface area (Å²) in [5.74, 6) is 2.32. The number of hydrogen-bond donors (Lipinski definition) is 2. The molecule has 4 aliphatic rings. The first-order valence-electron chi connectivity index (χ1n) is 17.6. The SMILES string of the molecule is NC(=O)Cc1cc(OCCN2CCOCC2)cc(OC[C@@H]2CC[C@H]2CN2C[C@@]3(CCCc4cc(Cl)ccc43)COc3ccc(S(=O)O)cc32)c1. The molecule has 2 fully saturated rings. The minimum Gasteiger partial charge on any atom is -0.493 e. The van der Waals surface area contributed by atoms with Crippen molar-refractivity contribution < 1.29 is 32.5 Å². The highest BCUT2D eigenvalue weighted by Gasteiger charge is 2.43. The highest BCUT2D eigenvalue weighted by Crippen LogP contribution is 2.46. The number of nitrogens with zero attached hydrogens (tertiary/aromatic N) is 2. The second kappa shape index (κ2) is 15.5. The van der Waals surface area contributed by atoms with E-state index in [0.29, 0.717) is 48.1 Å². The summed E-state index contributed by atoms with van der Waals surface area (Å²) in [4.78, 5) is 16.9. The topological polar surface area (TPSA) is 124 Å². The van der Waals surface area contributed by atoms with Crippen molar-refractivity contribution in [1.29, 1.82) is 0 Å². The normalized spacial score (nSPS) is 23.9. The molecule has 2 aliphatic carbocycles. The van der Waals surface area contributed by atoms with E-state index >= 15 is 0 Å². The summed E-state index contributed by atoms with van der Waals surface area (Å²) in [7, 11) is 0. The van der Waals surface area contributed by atoms with Crippen molar-refractivity contribution in [2.75, 3.05) is 70.7 Å². The lowest BCUT2D eigenvalue weighted by molar-refractivity contribution is -0.117. The van der Waals surface area contributed by atoms with Crippen LogP contribution in [0.25, 0.3) is 0 Å².